The summed E-state index contributed by atoms with van der Waals surface area (Å²) in [4.78, 5) is 11.5. The van der Waals surface area contributed by atoms with Crippen molar-refractivity contribution >= 4 is 11.6 Å². The number of carbonyl (C=O) groups is 1. The Kier molecular flexibility index (Phi) is 2.97. The number of amides is 1. The number of nitrogens with zero attached hydrogens (tertiary/aromatic N) is 1. The number of benzene rings is 2. The van der Waals surface area contributed by atoms with E-state index in [1.807, 2.05) is 12.1 Å². The second kappa shape index (κ2) is 4.99. The minimum atomic E-state index is 0.0554. The molecule has 2 aliphatic rings. The van der Waals surface area contributed by atoms with Gasteiger partial charge in [0.15, 0.2) is 0 Å². The van der Waals surface area contributed by atoms with Gasteiger partial charge in [0.1, 0.15) is 0 Å². The maximum Gasteiger partial charge on any atom is 0.228 e. The van der Waals surface area contributed by atoms with Crippen molar-refractivity contribution in [2.24, 2.45) is 0 Å². The molecule has 108 valence electrons. The van der Waals surface area contributed by atoms with Crippen LogP contribution in [-0.4, -0.2) is 5.91 Å². The predicted octanol–water partition coefficient (Wildman–Crippen LogP) is 3.79. The number of anilines is 1. The lowest BCUT2D eigenvalue weighted by Gasteiger charge is -2.14. The van der Waals surface area contributed by atoms with Crippen LogP contribution in [0.3, 0.4) is 0 Å². The van der Waals surface area contributed by atoms with Crippen molar-refractivity contribution in [3.05, 3.63) is 53.1 Å². The van der Waals surface area contributed by atoms with Crippen LogP contribution in [0.5, 0.6) is 0 Å². The van der Waals surface area contributed by atoms with E-state index in [9.17, 15) is 4.79 Å². The summed E-state index contributed by atoms with van der Waals surface area (Å²) in [6.45, 7) is 0. The molecule has 1 saturated carbocycles. The van der Waals surface area contributed by atoms with Gasteiger partial charge in [0.25, 0.3) is 0 Å². The Morgan fingerprint density at radius 1 is 1.23 bits per heavy atom. The van der Waals surface area contributed by atoms with Crippen molar-refractivity contribution < 1.29 is 4.79 Å². The zero-order chi connectivity index (χ0) is 15.1. The van der Waals surface area contributed by atoms with Crippen LogP contribution in [-0.2, 0) is 17.6 Å². The van der Waals surface area contributed by atoms with Gasteiger partial charge >= 0.3 is 0 Å². The molecule has 0 saturated heterocycles. The quantitative estimate of drug-likeness (QED) is 0.934. The van der Waals surface area contributed by atoms with Gasteiger partial charge in [-0.25, -0.2) is 0 Å². The van der Waals surface area contributed by atoms with Gasteiger partial charge in [-0.1, -0.05) is 24.3 Å². The van der Waals surface area contributed by atoms with Crippen molar-refractivity contribution in [3.8, 4) is 17.2 Å². The Bertz CT molecular complexity index is 813. The van der Waals surface area contributed by atoms with Crippen LogP contribution in [0.25, 0.3) is 11.1 Å². The molecule has 1 aliphatic heterocycles. The fourth-order valence-electron chi connectivity index (χ4n) is 3.32. The van der Waals surface area contributed by atoms with Crippen LogP contribution in [0.15, 0.2) is 36.4 Å². The first kappa shape index (κ1) is 13.1. The standard InChI is InChI=1S/C19H16N2O/c20-9-8-13-2-1-3-16(12-4-5-12)19(13)14-6-7-17-15(10-14)11-18(22)21-17/h1-3,6-7,10,12H,4-5,8,11H2,(H,21,22). The van der Waals surface area contributed by atoms with E-state index in [1.165, 1.54) is 24.0 Å². The van der Waals surface area contributed by atoms with Gasteiger partial charge < -0.3 is 5.32 Å². The predicted molar refractivity (Wildman–Crippen MR) is 85.5 cm³/mol. The third-order valence-corrected chi connectivity index (χ3v) is 4.49. The monoisotopic (exact) mass is 288 g/mol. The van der Waals surface area contributed by atoms with E-state index in [0.717, 1.165) is 22.4 Å². The number of fused-ring (bicyclic) bond motifs is 1. The summed E-state index contributed by atoms with van der Waals surface area (Å²) in [5.41, 5.74) is 6.74. The van der Waals surface area contributed by atoms with Gasteiger partial charge in [0.2, 0.25) is 5.91 Å². The van der Waals surface area contributed by atoms with E-state index in [0.29, 0.717) is 18.8 Å². The molecule has 1 heterocycles. The van der Waals surface area contributed by atoms with Gasteiger partial charge in [-0.15, -0.1) is 0 Å². The van der Waals surface area contributed by atoms with Crippen LogP contribution in [0, 0.1) is 11.3 Å². The minimum absolute atomic E-state index is 0.0554. The fourth-order valence-corrected chi connectivity index (χ4v) is 3.32. The van der Waals surface area contributed by atoms with Crippen LogP contribution in [0.4, 0.5) is 5.69 Å². The Morgan fingerprint density at radius 3 is 2.86 bits per heavy atom. The third kappa shape index (κ3) is 2.17. The Labute approximate surface area is 129 Å². The molecular formula is C19H16N2O. The summed E-state index contributed by atoms with van der Waals surface area (Å²) < 4.78 is 0. The Hall–Kier alpha value is -2.60. The lowest BCUT2D eigenvalue weighted by atomic mass is 9.90. The van der Waals surface area contributed by atoms with Crippen molar-refractivity contribution in [1.82, 2.24) is 0 Å². The summed E-state index contributed by atoms with van der Waals surface area (Å²) in [5, 5.41) is 12.0. The van der Waals surface area contributed by atoms with E-state index >= 15 is 0 Å². The molecule has 4 rings (SSSR count). The third-order valence-electron chi connectivity index (χ3n) is 4.49. The molecule has 1 fully saturated rings. The van der Waals surface area contributed by atoms with Crippen molar-refractivity contribution in [2.75, 3.05) is 5.32 Å². The molecule has 0 bridgehead atoms. The van der Waals surface area contributed by atoms with Gasteiger partial charge in [0, 0.05) is 5.69 Å². The molecular weight excluding hydrogens is 272 g/mol. The average Bonchev–Trinajstić information content (AvgIpc) is 3.28. The smallest absolute Gasteiger partial charge is 0.228 e. The zero-order valence-electron chi connectivity index (χ0n) is 12.2. The molecule has 2 aromatic rings. The van der Waals surface area contributed by atoms with Crippen LogP contribution in [0.2, 0.25) is 0 Å². The van der Waals surface area contributed by atoms with E-state index in [1.54, 1.807) is 0 Å². The number of carbonyl (C=O) groups excluding carboxylic acids is 1. The number of nitrogens with one attached hydrogen (secondary N) is 1. The minimum Gasteiger partial charge on any atom is -0.326 e. The maximum absolute atomic E-state index is 11.5. The molecule has 0 atom stereocenters. The summed E-state index contributed by atoms with van der Waals surface area (Å²) in [5.74, 6) is 0.682. The molecule has 1 aliphatic carbocycles. The summed E-state index contributed by atoms with van der Waals surface area (Å²) in [6, 6.07) is 14.7. The number of hydrogen-bond acceptors (Lipinski definition) is 2. The van der Waals surface area contributed by atoms with Crippen LogP contribution < -0.4 is 5.32 Å². The van der Waals surface area contributed by atoms with E-state index in [2.05, 4.69) is 35.7 Å². The molecule has 2 aromatic carbocycles. The van der Waals surface area contributed by atoms with E-state index in [4.69, 9.17) is 5.26 Å². The second-order valence-corrected chi connectivity index (χ2v) is 6.09. The van der Waals surface area contributed by atoms with Gasteiger partial charge in [0.05, 0.1) is 18.9 Å². The molecule has 1 amide bonds. The fraction of sp³-hybridized carbons (Fsp3) is 0.263. The number of rotatable bonds is 3. The number of nitriles is 1. The highest BCUT2D eigenvalue weighted by molar-refractivity contribution is 5.99. The highest BCUT2D eigenvalue weighted by atomic mass is 16.1. The summed E-state index contributed by atoms with van der Waals surface area (Å²) in [7, 11) is 0. The lowest BCUT2D eigenvalue weighted by Crippen LogP contribution is -2.03. The normalized spacial score (nSPS) is 16.0. The van der Waals surface area contributed by atoms with Crippen molar-refractivity contribution in [1.29, 1.82) is 5.26 Å². The van der Waals surface area contributed by atoms with Crippen LogP contribution in [0.1, 0.15) is 35.4 Å². The maximum atomic E-state index is 11.5. The Balaban J connectivity index is 1.87. The highest BCUT2D eigenvalue weighted by Gasteiger charge is 2.28. The highest BCUT2D eigenvalue weighted by Crippen LogP contribution is 2.46. The zero-order valence-corrected chi connectivity index (χ0v) is 12.2. The van der Waals surface area contributed by atoms with Gasteiger partial charge in [-0.05, 0) is 58.7 Å². The van der Waals surface area contributed by atoms with E-state index < -0.39 is 0 Å². The molecule has 22 heavy (non-hydrogen) atoms. The van der Waals surface area contributed by atoms with Gasteiger partial charge in [-0.2, -0.15) is 5.26 Å². The molecule has 3 nitrogen and oxygen atoms in total. The molecule has 0 spiro atoms. The Morgan fingerprint density at radius 2 is 2.09 bits per heavy atom. The second-order valence-electron chi connectivity index (χ2n) is 6.09. The summed E-state index contributed by atoms with van der Waals surface area (Å²) >= 11 is 0. The van der Waals surface area contributed by atoms with E-state index in [-0.39, 0.29) is 5.91 Å². The number of hydrogen-bond donors (Lipinski definition) is 1. The lowest BCUT2D eigenvalue weighted by molar-refractivity contribution is -0.115. The average molecular weight is 288 g/mol. The van der Waals surface area contributed by atoms with Crippen molar-refractivity contribution in [2.45, 2.75) is 31.6 Å². The van der Waals surface area contributed by atoms with Gasteiger partial charge in [-0.3, -0.25) is 4.79 Å². The first-order valence-electron chi connectivity index (χ1n) is 7.68. The molecule has 0 aromatic heterocycles. The SMILES string of the molecule is N#CCc1cccc(C2CC2)c1-c1ccc2c(c1)CC(=O)N2. The molecule has 1 N–H and O–H groups in total. The molecule has 0 unspecified atom stereocenters. The summed E-state index contributed by atoms with van der Waals surface area (Å²) in [6.07, 6.45) is 3.33. The first-order chi connectivity index (χ1) is 10.8. The largest absolute Gasteiger partial charge is 0.326 e. The topological polar surface area (TPSA) is 52.9 Å². The first-order valence-corrected chi connectivity index (χ1v) is 7.68. The molecule has 0 radical (unpaired) electrons. The van der Waals surface area contributed by atoms with Crippen LogP contribution >= 0.6 is 0 Å². The molecule has 3 heteroatoms. The van der Waals surface area contributed by atoms with Crippen molar-refractivity contribution in [3.63, 3.8) is 0 Å².